The van der Waals surface area contributed by atoms with E-state index in [0.29, 0.717) is 29.5 Å². The molecule has 1 unspecified atom stereocenters. The standard InChI is InChI=1S/C16H26N2O3.ClH/c1-10(2)6-13(9-17)18-16(19)12-7-14(20-4)11(3)15(8-12)21-5;/h7-8,10,13H,6,9,17H2,1-5H3,(H,18,19);1H. The summed E-state index contributed by atoms with van der Waals surface area (Å²) < 4.78 is 10.6. The maximum absolute atomic E-state index is 12.4. The number of hydrogen-bond acceptors (Lipinski definition) is 4. The summed E-state index contributed by atoms with van der Waals surface area (Å²) in [5.74, 6) is 1.57. The maximum Gasteiger partial charge on any atom is 0.251 e. The van der Waals surface area contributed by atoms with Crippen LogP contribution in [0.2, 0.25) is 0 Å². The summed E-state index contributed by atoms with van der Waals surface area (Å²) in [6.45, 7) is 6.52. The average Bonchev–Trinajstić information content (AvgIpc) is 2.46. The molecular formula is C16H27ClN2O3. The Morgan fingerprint density at radius 2 is 1.73 bits per heavy atom. The minimum absolute atomic E-state index is 0. The molecule has 0 spiro atoms. The second-order valence-electron chi connectivity index (χ2n) is 5.54. The van der Waals surface area contributed by atoms with Crippen LogP contribution in [0.5, 0.6) is 11.5 Å². The van der Waals surface area contributed by atoms with E-state index in [1.807, 2.05) is 6.92 Å². The number of benzene rings is 1. The van der Waals surface area contributed by atoms with E-state index in [-0.39, 0.29) is 24.4 Å². The van der Waals surface area contributed by atoms with Gasteiger partial charge in [0.25, 0.3) is 5.91 Å². The molecule has 0 radical (unpaired) electrons. The van der Waals surface area contributed by atoms with E-state index in [2.05, 4.69) is 19.2 Å². The zero-order valence-electron chi connectivity index (χ0n) is 13.9. The van der Waals surface area contributed by atoms with E-state index >= 15 is 0 Å². The van der Waals surface area contributed by atoms with Gasteiger partial charge in [0.05, 0.1) is 14.2 Å². The number of methoxy groups -OCH3 is 2. The number of halogens is 1. The lowest BCUT2D eigenvalue weighted by molar-refractivity contribution is 0.0933. The summed E-state index contributed by atoms with van der Waals surface area (Å²) >= 11 is 0. The summed E-state index contributed by atoms with van der Waals surface area (Å²) in [7, 11) is 3.15. The number of carbonyl (C=O) groups is 1. The van der Waals surface area contributed by atoms with Crippen LogP contribution in [-0.2, 0) is 0 Å². The van der Waals surface area contributed by atoms with E-state index in [1.165, 1.54) is 0 Å². The summed E-state index contributed by atoms with van der Waals surface area (Å²) in [4.78, 5) is 12.4. The molecule has 1 aromatic rings. The second kappa shape index (κ2) is 9.54. The lowest BCUT2D eigenvalue weighted by atomic mass is 10.0. The molecule has 126 valence electrons. The quantitative estimate of drug-likeness (QED) is 0.805. The molecule has 0 fully saturated rings. The number of hydrogen-bond donors (Lipinski definition) is 2. The molecule has 0 aliphatic rings. The fourth-order valence-electron chi connectivity index (χ4n) is 2.27. The SMILES string of the molecule is COc1cc(C(=O)NC(CN)CC(C)C)cc(OC)c1C.Cl. The Balaban J connectivity index is 0.00000441. The normalized spacial score (nSPS) is 11.6. The van der Waals surface area contributed by atoms with Gasteiger partial charge in [-0.05, 0) is 31.4 Å². The van der Waals surface area contributed by atoms with Crippen LogP contribution in [0.1, 0.15) is 36.2 Å². The van der Waals surface area contributed by atoms with E-state index in [4.69, 9.17) is 15.2 Å². The summed E-state index contributed by atoms with van der Waals surface area (Å²) in [5.41, 5.74) is 7.10. The first-order valence-corrected chi connectivity index (χ1v) is 7.16. The Hall–Kier alpha value is -1.46. The molecule has 1 atom stereocenters. The van der Waals surface area contributed by atoms with Crippen molar-refractivity contribution in [2.75, 3.05) is 20.8 Å². The Labute approximate surface area is 139 Å². The van der Waals surface area contributed by atoms with Gasteiger partial charge in [0, 0.05) is 23.7 Å². The van der Waals surface area contributed by atoms with Crippen molar-refractivity contribution in [3.63, 3.8) is 0 Å². The number of amides is 1. The van der Waals surface area contributed by atoms with Gasteiger partial charge in [-0.1, -0.05) is 13.8 Å². The Kier molecular flexibility index (Phi) is 8.90. The highest BCUT2D eigenvalue weighted by atomic mass is 35.5. The molecule has 1 rings (SSSR count). The van der Waals surface area contributed by atoms with Crippen LogP contribution in [-0.4, -0.2) is 32.7 Å². The van der Waals surface area contributed by atoms with Crippen molar-refractivity contribution in [1.29, 1.82) is 0 Å². The molecule has 1 amide bonds. The first kappa shape index (κ1) is 20.5. The van der Waals surface area contributed by atoms with Crippen molar-refractivity contribution in [2.24, 2.45) is 11.7 Å². The molecule has 0 aliphatic heterocycles. The average molecular weight is 331 g/mol. The first-order chi connectivity index (χ1) is 9.92. The van der Waals surface area contributed by atoms with E-state index in [9.17, 15) is 4.79 Å². The molecule has 0 aromatic heterocycles. The van der Waals surface area contributed by atoms with Crippen molar-refractivity contribution in [3.05, 3.63) is 23.3 Å². The number of nitrogens with one attached hydrogen (secondary N) is 1. The Morgan fingerprint density at radius 3 is 2.09 bits per heavy atom. The van der Waals surface area contributed by atoms with Crippen molar-refractivity contribution in [1.82, 2.24) is 5.32 Å². The van der Waals surface area contributed by atoms with Gasteiger partial charge in [0.15, 0.2) is 0 Å². The van der Waals surface area contributed by atoms with Crippen LogP contribution in [0.3, 0.4) is 0 Å². The third-order valence-electron chi connectivity index (χ3n) is 3.39. The van der Waals surface area contributed by atoms with Crippen LogP contribution < -0.4 is 20.5 Å². The van der Waals surface area contributed by atoms with Gasteiger partial charge in [-0.3, -0.25) is 4.79 Å². The lowest BCUT2D eigenvalue weighted by Crippen LogP contribution is -2.41. The number of ether oxygens (including phenoxy) is 2. The van der Waals surface area contributed by atoms with Crippen molar-refractivity contribution < 1.29 is 14.3 Å². The number of rotatable bonds is 7. The van der Waals surface area contributed by atoms with Gasteiger partial charge in [0.1, 0.15) is 11.5 Å². The van der Waals surface area contributed by atoms with Gasteiger partial charge in [0.2, 0.25) is 0 Å². The van der Waals surface area contributed by atoms with Gasteiger partial charge < -0.3 is 20.5 Å². The van der Waals surface area contributed by atoms with Crippen molar-refractivity contribution in [2.45, 2.75) is 33.2 Å². The number of nitrogens with two attached hydrogens (primary N) is 1. The molecule has 6 heteroatoms. The van der Waals surface area contributed by atoms with Gasteiger partial charge in [-0.15, -0.1) is 12.4 Å². The molecule has 0 saturated heterocycles. The van der Waals surface area contributed by atoms with Gasteiger partial charge in [-0.25, -0.2) is 0 Å². The number of carbonyl (C=O) groups excluding carboxylic acids is 1. The maximum atomic E-state index is 12.4. The molecule has 22 heavy (non-hydrogen) atoms. The monoisotopic (exact) mass is 330 g/mol. The van der Waals surface area contributed by atoms with Crippen LogP contribution in [0, 0.1) is 12.8 Å². The Morgan fingerprint density at radius 1 is 1.23 bits per heavy atom. The highest BCUT2D eigenvalue weighted by Crippen LogP contribution is 2.29. The fraction of sp³-hybridized carbons (Fsp3) is 0.562. The van der Waals surface area contributed by atoms with Gasteiger partial charge >= 0.3 is 0 Å². The summed E-state index contributed by atoms with van der Waals surface area (Å²) in [6, 6.07) is 3.41. The van der Waals surface area contributed by atoms with E-state index in [0.717, 1.165) is 12.0 Å². The minimum atomic E-state index is -0.164. The molecule has 0 saturated carbocycles. The topological polar surface area (TPSA) is 73.6 Å². The van der Waals surface area contributed by atoms with E-state index in [1.54, 1.807) is 26.4 Å². The largest absolute Gasteiger partial charge is 0.496 e. The zero-order valence-corrected chi connectivity index (χ0v) is 14.8. The van der Waals surface area contributed by atoms with Crippen molar-refractivity contribution in [3.8, 4) is 11.5 Å². The molecule has 5 nitrogen and oxygen atoms in total. The molecule has 0 aliphatic carbocycles. The van der Waals surface area contributed by atoms with Crippen LogP contribution >= 0.6 is 12.4 Å². The molecule has 0 heterocycles. The van der Waals surface area contributed by atoms with E-state index < -0.39 is 0 Å². The third-order valence-corrected chi connectivity index (χ3v) is 3.39. The molecule has 1 aromatic carbocycles. The predicted molar refractivity (Wildman–Crippen MR) is 91.3 cm³/mol. The highest BCUT2D eigenvalue weighted by Gasteiger charge is 2.17. The van der Waals surface area contributed by atoms with Crippen LogP contribution in [0.25, 0.3) is 0 Å². The lowest BCUT2D eigenvalue weighted by Gasteiger charge is -2.19. The smallest absolute Gasteiger partial charge is 0.251 e. The highest BCUT2D eigenvalue weighted by molar-refractivity contribution is 5.95. The summed E-state index contributed by atoms with van der Waals surface area (Å²) in [6.07, 6.45) is 0.850. The van der Waals surface area contributed by atoms with Crippen LogP contribution in [0.15, 0.2) is 12.1 Å². The predicted octanol–water partition coefficient (Wildman–Crippen LogP) is 2.54. The third kappa shape index (κ3) is 5.39. The van der Waals surface area contributed by atoms with Gasteiger partial charge in [-0.2, -0.15) is 0 Å². The molecule has 0 bridgehead atoms. The first-order valence-electron chi connectivity index (χ1n) is 7.16. The minimum Gasteiger partial charge on any atom is -0.496 e. The second-order valence-corrected chi connectivity index (χ2v) is 5.54. The summed E-state index contributed by atoms with van der Waals surface area (Å²) in [5, 5.41) is 2.96. The zero-order chi connectivity index (χ0) is 16.0. The molecular weight excluding hydrogens is 304 g/mol. The van der Waals surface area contributed by atoms with Crippen molar-refractivity contribution >= 4 is 18.3 Å². The van der Waals surface area contributed by atoms with Crippen LogP contribution in [0.4, 0.5) is 0 Å². The fourth-order valence-corrected chi connectivity index (χ4v) is 2.27. The Bertz CT molecular complexity index is 467. The molecule has 3 N–H and O–H groups in total.